The second-order valence-electron chi connectivity index (χ2n) is 7.62. The van der Waals surface area contributed by atoms with Gasteiger partial charge in [0.05, 0.1) is 11.5 Å². The van der Waals surface area contributed by atoms with Crippen LogP contribution < -0.4 is 16.0 Å². The Kier molecular flexibility index (Phi) is 8.49. The predicted octanol–water partition coefficient (Wildman–Crippen LogP) is 1.60. The Morgan fingerprint density at radius 2 is 1.86 bits per heavy atom. The van der Waals surface area contributed by atoms with Gasteiger partial charge in [-0.25, -0.2) is 8.42 Å². The van der Waals surface area contributed by atoms with Gasteiger partial charge < -0.3 is 16.0 Å². The van der Waals surface area contributed by atoms with Crippen molar-refractivity contribution in [3.63, 3.8) is 0 Å². The normalized spacial score (nSPS) is 19.0. The Bertz CT molecular complexity index is 789. The molecule has 1 fully saturated rings. The fraction of sp³-hybridized carbons (Fsp3) is 0.619. The van der Waals surface area contributed by atoms with Gasteiger partial charge in [-0.05, 0) is 24.8 Å². The number of aliphatic imine (C=N–C) groups is 1. The van der Waals surface area contributed by atoms with Crippen LogP contribution >= 0.6 is 0 Å². The summed E-state index contributed by atoms with van der Waals surface area (Å²) in [6.45, 7) is 5.57. The lowest BCUT2D eigenvalue weighted by molar-refractivity contribution is -0.121. The molecule has 1 aliphatic rings. The van der Waals surface area contributed by atoms with E-state index in [1.165, 1.54) is 5.56 Å². The molecule has 1 amide bonds. The zero-order chi connectivity index (χ0) is 21.3. The number of nitrogens with zero attached hydrogens (tertiary/aromatic N) is 1. The quantitative estimate of drug-likeness (QED) is 0.415. The van der Waals surface area contributed by atoms with E-state index < -0.39 is 9.84 Å². The van der Waals surface area contributed by atoms with Gasteiger partial charge in [-0.15, -0.1) is 0 Å². The summed E-state index contributed by atoms with van der Waals surface area (Å²) in [7, 11) is -1.28. The van der Waals surface area contributed by atoms with Crippen molar-refractivity contribution in [2.45, 2.75) is 51.0 Å². The summed E-state index contributed by atoms with van der Waals surface area (Å²) in [4.78, 5) is 16.3. The van der Waals surface area contributed by atoms with Crippen molar-refractivity contribution >= 4 is 21.7 Å². The van der Waals surface area contributed by atoms with Gasteiger partial charge in [-0.3, -0.25) is 9.79 Å². The largest absolute Gasteiger partial charge is 0.356 e. The molecule has 1 aliphatic heterocycles. The van der Waals surface area contributed by atoms with Crippen molar-refractivity contribution in [2.75, 3.05) is 31.6 Å². The van der Waals surface area contributed by atoms with E-state index in [0.717, 1.165) is 19.4 Å². The van der Waals surface area contributed by atoms with E-state index in [1.54, 1.807) is 7.05 Å². The smallest absolute Gasteiger partial charge is 0.222 e. The number of rotatable bonds is 9. The van der Waals surface area contributed by atoms with Crippen LogP contribution in [0.3, 0.4) is 0 Å². The number of sulfone groups is 1. The molecule has 1 aromatic carbocycles. The molecule has 1 heterocycles. The van der Waals surface area contributed by atoms with E-state index in [2.05, 4.69) is 59.1 Å². The van der Waals surface area contributed by atoms with E-state index in [-0.39, 0.29) is 35.3 Å². The second kappa shape index (κ2) is 10.6. The summed E-state index contributed by atoms with van der Waals surface area (Å²) in [6, 6.07) is 10.2. The van der Waals surface area contributed by atoms with E-state index in [0.29, 0.717) is 18.9 Å². The molecule has 0 radical (unpaired) electrons. The Balaban J connectivity index is 1.80. The first-order valence-corrected chi connectivity index (χ1v) is 12.2. The van der Waals surface area contributed by atoms with Crippen LogP contribution in [0.2, 0.25) is 0 Å². The molecule has 1 aromatic rings. The number of nitrogens with one attached hydrogen (secondary N) is 3. The molecular formula is C21H34N4O3S. The minimum absolute atomic E-state index is 0.0181. The Morgan fingerprint density at radius 3 is 2.41 bits per heavy atom. The third-order valence-corrected chi connectivity index (χ3v) is 7.57. The molecule has 1 atom stereocenters. The Labute approximate surface area is 174 Å². The fourth-order valence-electron chi connectivity index (χ4n) is 3.78. The molecule has 1 saturated heterocycles. The van der Waals surface area contributed by atoms with Gasteiger partial charge in [-0.2, -0.15) is 0 Å². The molecule has 8 heteroatoms. The molecule has 2 rings (SSSR count). The van der Waals surface area contributed by atoms with Crippen molar-refractivity contribution in [3.05, 3.63) is 35.9 Å². The van der Waals surface area contributed by atoms with Gasteiger partial charge in [0.25, 0.3) is 0 Å². The third kappa shape index (κ3) is 6.73. The molecule has 7 nitrogen and oxygen atoms in total. The lowest BCUT2D eigenvalue weighted by Crippen LogP contribution is -2.46. The molecule has 0 bridgehead atoms. The van der Waals surface area contributed by atoms with Crippen LogP contribution in [-0.2, 0) is 20.0 Å². The van der Waals surface area contributed by atoms with Crippen LogP contribution in [0.5, 0.6) is 0 Å². The average molecular weight is 423 g/mol. The minimum atomic E-state index is -2.99. The monoisotopic (exact) mass is 422 g/mol. The van der Waals surface area contributed by atoms with Crippen LogP contribution in [0, 0.1) is 0 Å². The standard InChI is InChI=1S/C21H34N4O3S/c1-4-21(5-2,17-9-7-6-8-10-17)16-24-20(22-3)23-13-11-19(26)25-18-12-14-29(27,28)15-18/h6-10,18H,4-5,11-16H2,1-3H3,(H,25,26)(H2,22,23,24). The van der Waals surface area contributed by atoms with Gasteiger partial charge in [0.1, 0.15) is 0 Å². The maximum atomic E-state index is 12.1. The first-order chi connectivity index (χ1) is 13.8. The van der Waals surface area contributed by atoms with E-state index in [9.17, 15) is 13.2 Å². The summed E-state index contributed by atoms with van der Waals surface area (Å²) in [5, 5.41) is 9.37. The summed E-state index contributed by atoms with van der Waals surface area (Å²) < 4.78 is 23.0. The van der Waals surface area contributed by atoms with Crippen LogP contribution in [0.15, 0.2) is 35.3 Å². The maximum absolute atomic E-state index is 12.1. The molecule has 162 valence electrons. The highest BCUT2D eigenvalue weighted by molar-refractivity contribution is 7.91. The minimum Gasteiger partial charge on any atom is -0.356 e. The molecular weight excluding hydrogens is 388 g/mol. The van der Waals surface area contributed by atoms with Crippen molar-refractivity contribution in [1.29, 1.82) is 0 Å². The SMILES string of the molecule is CCC(CC)(CNC(=NC)NCCC(=O)NC1CCS(=O)(=O)C1)c1ccccc1. The first-order valence-electron chi connectivity index (χ1n) is 10.3. The highest BCUT2D eigenvalue weighted by Crippen LogP contribution is 2.30. The van der Waals surface area contributed by atoms with E-state index in [1.807, 2.05) is 6.07 Å². The Hall–Kier alpha value is -2.09. The zero-order valence-corrected chi connectivity index (χ0v) is 18.5. The summed E-state index contributed by atoms with van der Waals surface area (Å²) >= 11 is 0. The number of hydrogen-bond acceptors (Lipinski definition) is 4. The first kappa shape index (κ1) is 23.2. The molecule has 0 aliphatic carbocycles. The number of guanidine groups is 1. The second-order valence-corrected chi connectivity index (χ2v) is 9.85. The highest BCUT2D eigenvalue weighted by Gasteiger charge is 2.29. The molecule has 0 saturated carbocycles. The van der Waals surface area contributed by atoms with Crippen molar-refractivity contribution in [2.24, 2.45) is 4.99 Å². The van der Waals surface area contributed by atoms with Crippen molar-refractivity contribution in [1.82, 2.24) is 16.0 Å². The Morgan fingerprint density at radius 1 is 1.17 bits per heavy atom. The maximum Gasteiger partial charge on any atom is 0.222 e. The van der Waals surface area contributed by atoms with Crippen molar-refractivity contribution in [3.8, 4) is 0 Å². The fourth-order valence-corrected chi connectivity index (χ4v) is 5.45. The van der Waals surface area contributed by atoms with E-state index >= 15 is 0 Å². The average Bonchev–Trinajstić information content (AvgIpc) is 3.06. The lowest BCUT2D eigenvalue weighted by Gasteiger charge is -2.33. The molecule has 0 spiro atoms. The van der Waals surface area contributed by atoms with Gasteiger partial charge in [-0.1, -0.05) is 44.2 Å². The molecule has 0 aromatic heterocycles. The third-order valence-electron chi connectivity index (χ3n) is 5.80. The zero-order valence-electron chi connectivity index (χ0n) is 17.7. The summed E-state index contributed by atoms with van der Waals surface area (Å²) in [5.41, 5.74) is 1.32. The molecule has 1 unspecified atom stereocenters. The number of amides is 1. The van der Waals surface area contributed by atoms with Crippen LogP contribution in [-0.4, -0.2) is 58.0 Å². The van der Waals surface area contributed by atoms with Gasteiger partial charge in [0.2, 0.25) is 5.91 Å². The molecule has 3 N–H and O–H groups in total. The molecule has 29 heavy (non-hydrogen) atoms. The van der Waals surface area contributed by atoms with Crippen LogP contribution in [0.4, 0.5) is 0 Å². The van der Waals surface area contributed by atoms with Gasteiger partial charge in [0, 0.05) is 38.0 Å². The highest BCUT2D eigenvalue weighted by atomic mass is 32.2. The van der Waals surface area contributed by atoms with Gasteiger partial charge in [0.15, 0.2) is 15.8 Å². The van der Waals surface area contributed by atoms with Gasteiger partial charge >= 0.3 is 0 Å². The van der Waals surface area contributed by atoms with E-state index in [4.69, 9.17) is 0 Å². The lowest BCUT2D eigenvalue weighted by atomic mass is 9.76. The summed E-state index contributed by atoms with van der Waals surface area (Å²) in [5.74, 6) is 0.717. The van der Waals surface area contributed by atoms with Crippen LogP contribution in [0.25, 0.3) is 0 Å². The topological polar surface area (TPSA) is 99.7 Å². The predicted molar refractivity (Wildman–Crippen MR) is 118 cm³/mol. The number of hydrogen-bond donors (Lipinski definition) is 3. The van der Waals surface area contributed by atoms with Crippen LogP contribution in [0.1, 0.15) is 45.1 Å². The number of benzene rings is 1. The summed E-state index contributed by atoms with van der Waals surface area (Å²) in [6.07, 6.45) is 2.78. The van der Waals surface area contributed by atoms with Crippen molar-refractivity contribution < 1.29 is 13.2 Å². The number of carbonyl (C=O) groups is 1. The number of carbonyl (C=O) groups excluding carboxylic acids is 1.